The fourth-order valence-corrected chi connectivity index (χ4v) is 3.06. The zero-order valence-corrected chi connectivity index (χ0v) is 15.2. The molecule has 1 heterocycles. The zero-order chi connectivity index (χ0) is 18.8. The number of alkyl halides is 3. The summed E-state index contributed by atoms with van der Waals surface area (Å²) in [5.41, 5.74) is 1.00. The standard InChI is InChI=1S/C17H20F3NO4.ClH/c1-3-25-15-5-4-11(10(2)22)6-12(15)7-21-8-13(16(23)24)14(9-21)17(18,19)20;/h4-6,13-14H,3,7-9H2,1-2H3,(H,23,24);1H/t13-,14-;/m1./s1. The van der Waals surface area contributed by atoms with E-state index in [-0.39, 0.29) is 31.3 Å². The van der Waals surface area contributed by atoms with Crippen molar-refractivity contribution >= 4 is 24.2 Å². The van der Waals surface area contributed by atoms with Crippen molar-refractivity contribution in [2.45, 2.75) is 26.6 Å². The first-order valence-electron chi connectivity index (χ1n) is 7.92. The number of rotatable bonds is 6. The Bertz CT molecular complexity index is 666. The van der Waals surface area contributed by atoms with Crippen LogP contribution in [0.2, 0.25) is 0 Å². The highest BCUT2D eigenvalue weighted by Crippen LogP contribution is 2.38. The number of ketones is 1. The van der Waals surface area contributed by atoms with Crippen LogP contribution < -0.4 is 4.74 Å². The zero-order valence-electron chi connectivity index (χ0n) is 14.4. The van der Waals surface area contributed by atoms with Gasteiger partial charge >= 0.3 is 12.1 Å². The highest BCUT2D eigenvalue weighted by molar-refractivity contribution is 5.94. The molecule has 0 unspecified atom stereocenters. The summed E-state index contributed by atoms with van der Waals surface area (Å²) >= 11 is 0. The van der Waals surface area contributed by atoms with E-state index in [9.17, 15) is 22.8 Å². The summed E-state index contributed by atoms with van der Waals surface area (Å²) in [6.45, 7) is 3.04. The van der Waals surface area contributed by atoms with Gasteiger partial charge in [-0.1, -0.05) is 0 Å². The first-order valence-corrected chi connectivity index (χ1v) is 7.92. The smallest absolute Gasteiger partial charge is 0.393 e. The maximum atomic E-state index is 13.1. The van der Waals surface area contributed by atoms with Crippen molar-refractivity contribution in [2.24, 2.45) is 11.8 Å². The summed E-state index contributed by atoms with van der Waals surface area (Å²) in [4.78, 5) is 24.2. The van der Waals surface area contributed by atoms with Crippen LogP contribution in [-0.2, 0) is 11.3 Å². The predicted molar refractivity (Wildman–Crippen MR) is 90.8 cm³/mol. The third-order valence-corrected chi connectivity index (χ3v) is 4.29. The minimum absolute atomic E-state index is 0. The van der Waals surface area contributed by atoms with Gasteiger partial charge in [0.2, 0.25) is 0 Å². The van der Waals surface area contributed by atoms with E-state index in [4.69, 9.17) is 9.84 Å². The molecule has 0 spiro atoms. The highest BCUT2D eigenvalue weighted by Gasteiger charge is 2.52. The molecule has 0 radical (unpaired) electrons. The predicted octanol–water partition coefficient (Wildman–Crippen LogP) is 3.40. The molecule has 1 aromatic carbocycles. The van der Waals surface area contributed by atoms with Gasteiger partial charge in [0.25, 0.3) is 0 Å². The van der Waals surface area contributed by atoms with Gasteiger partial charge in [0.05, 0.1) is 18.4 Å². The Balaban J connectivity index is 0.00000338. The summed E-state index contributed by atoms with van der Waals surface area (Å²) in [5, 5.41) is 9.09. The number of carboxylic acid groups (broad SMARTS) is 1. The largest absolute Gasteiger partial charge is 0.494 e. The molecule has 9 heteroatoms. The van der Waals surface area contributed by atoms with Crippen LogP contribution in [0.4, 0.5) is 13.2 Å². The molecule has 0 aromatic heterocycles. The number of ether oxygens (including phenoxy) is 1. The molecule has 5 nitrogen and oxygen atoms in total. The fraction of sp³-hybridized carbons (Fsp3) is 0.529. The Morgan fingerprint density at radius 1 is 1.31 bits per heavy atom. The lowest BCUT2D eigenvalue weighted by Gasteiger charge is -2.19. The van der Waals surface area contributed by atoms with E-state index >= 15 is 0 Å². The normalized spacial score (nSPS) is 20.5. The van der Waals surface area contributed by atoms with Crippen molar-refractivity contribution in [1.29, 1.82) is 0 Å². The molecular formula is C17H21ClF3NO4. The van der Waals surface area contributed by atoms with E-state index in [0.717, 1.165) is 0 Å². The van der Waals surface area contributed by atoms with Gasteiger partial charge < -0.3 is 9.84 Å². The average Bonchev–Trinajstić information content (AvgIpc) is 2.93. The van der Waals surface area contributed by atoms with Gasteiger partial charge in [-0.15, -0.1) is 12.4 Å². The van der Waals surface area contributed by atoms with Gasteiger partial charge in [-0.3, -0.25) is 14.5 Å². The van der Waals surface area contributed by atoms with Crippen LogP contribution in [-0.4, -0.2) is 47.6 Å². The second kappa shape index (κ2) is 8.73. The van der Waals surface area contributed by atoms with Gasteiger partial charge in [-0.05, 0) is 32.0 Å². The number of carboxylic acids is 1. The van der Waals surface area contributed by atoms with Crippen molar-refractivity contribution in [3.8, 4) is 5.75 Å². The Hall–Kier alpha value is -1.80. The second-order valence-corrected chi connectivity index (χ2v) is 6.10. The Labute approximate surface area is 155 Å². The number of nitrogens with zero attached hydrogens (tertiary/aromatic N) is 1. The van der Waals surface area contributed by atoms with E-state index in [1.807, 2.05) is 0 Å². The quantitative estimate of drug-likeness (QED) is 0.748. The summed E-state index contributed by atoms with van der Waals surface area (Å²) in [6, 6.07) is 4.80. The summed E-state index contributed by atoms with van der Waals surface area (Å²) in [7, 11) is 0. The number of benzene rings is 1. The Morgan fingerprint density at radius 2 is 1.96 bits per heavy atom. The van der Waals surface area contributed by atoms with Crippen LogP contribution in [0.5, 0.6) is 5.75 Å². The van der Waals surface area contributed by atoms with Crippen molar-refractivity contribution in [3.05, 3.63) is 29.3 Å². The number of hydrogen-bond donors (Lipinski definition) is 1. The van der Waals surface area contributed by atoms with Crippen LogP contribution >= 0.6 is 12.4 Å². The molecule has 1 fully saturated rings. The van der Waals surface area contributed by atoms with E-state index in [0.29, 0.717) is 23.5 Å². The Morgan fingerprint density at radius 3 is 2.42 bits per heavy atom. The fourth-order valence-electron chi connectivity index (χ4n) is 3.06. The number of likely N-dealkylation sites (tertiary alicyclic amines) is 1. The minimum Gasteiger partial charge on any atom is -0.494 e. The summed E-state index contributed by atoms with van der Waals surface area (Å²) in [5.74, 6) is -4.53. The number of carbonyl (C=O) groups is 2. The summed E-state index contributed by atoms with van der Waals surface area (Å²) < 4.78 is 44.8. The first-order chi connectivity index (χ1) is 11.6. The molecule has 1 aromatic rings. The SMILES string of the molecule is CCOc1ccc(C(C)=O)cc1CN1C[C@@H](C(F)(F)F)[C@H](C(=O)O)C1.Cl. The topological polar surface area (TPSA) is 66.8 Å². The number of halogens is 4. The van der Waals surface area contributed by atoms with Crippen LogP contribution in [0.1, 0.15) is 29.8 Å². The van der Waals surface area contributed by atoms with Gasteiger partial charge in [0, 0.05) is 30.8 Å². The lowest BCUT2D eigenvalue weighted by molar-refractivity contribution is -0.188. The maximum Gasteiger partial charge on any atom is 0.393 e. The number of carbonyl (C=O) groups excluding carboxylic acids is 1. The number of aliphatic carboxylic acids is 1. The second-order valence-electron chi connectivity index (χ2n) is 6.10. The van der Waals surface area contributed by atoms with Crippen LogP contribution in [0.3, 0.4) is 0 Å². The van der Waals surface area contributed by atoms with Gasteiger partial charge in [0.15, 0.2) is 5.78 Å². The van der Waals surface area contributed by atoms with Crippen molar-refractivity contribution in [1.82, 2.24) is 4.90 Å². The molecule has 0 bridgehead atoms. The van der Waals surface area contributed by atoms with E-state index in [2.05, 4.69) is 0 Å². The Kier molecular flexibility index (Phi) is 7.46. The number of hydrogen-bond acceptors (Lipinski definition) is 4. The number of Topliss-reactive ketones (excluding diaryl/α,β-unsaturated/α-hetero) is 1. The first kappa shape index (κ1) is 22.2. The minimum atomic E-state index is -4.57. The van der Waals surface area contributed by atoms with E-state index < -0.39 is 30.5 Å². The molecule has 0 saturated carbocycles. The molecule has 1 aliphatic heterocycles. The third kappa shape index (κ3) is 5.11. The van der Waals surface area contributed by atoms with Crippen LogP contribution in [0, 0.1) is 11.8 Å². The molecule has 2 atom stereocenters. The van der Waals surface area contributed by atoms with Gasteiger partial charge in [-0.2, -0.15) is 13.2 Å². The van der Waals surface area contributed by atoms with Gasteiger partial charge in [-0.25, -0.2) is 0 Å². The summed E-state index contributed by atoms with van der Waals surface area (Å²) in [6.07, 6.45) is -4.57. The molecule has 1 saturated heterocycles. The maximum absolute atomic E-state index is 13.1. The third-order valence-electron chi connectivity index (χ3n) is 4.29. The molecule has 146 valence electrons. The molecule has 1 aliphatic rings. The molecular weight excluding hydrogens is 375 g/mol. The van der Waals surface area contributed by atoms with E-state index in [1.165, 1.54) is 11.8 Å². The van der Waals surface area contributed by atoms with Gasteiger partial charge in [0.1, 0.15) is 5.75 Å². The van der Waals surface area contributed by atoms with E-state index in [1.54, 1.807) is 25.1 Å². The van der Waals surface area contributed by atoms with Crippen LogP contribution in [0.15, 0.2) is 18.2 Å². The highest BCUT2D eigenvalue weighted by atomic mass is 35.5. The van der Waals surface area contributed by atoms with Crippen molar-refractivity contribution in [3.63, 3.8) is 0 Å². The monoisotopic (exact) mass is 395 g/mol. The van der Waals surface area contributed by atoms with Crippen molar-refractivity contribution < 1.29 is 32.6 Å². The van der Waals surface area contributed by atoms with Crippen molar-refractivity contribution in [2.75, 3.05) is 19.7 Å². The van der Waals surface area contributed by atoms with Crippen LogP contribution in [0.25, 0.3) is 0 Å². The molecule has 2 rings (SSSR count). The molecule has 0 amide bonds. The lowest BCUT2D eigenvalue weighted by Crippen LogP contribution is -2.33. The average molecular weight is 396 g/mol. The molecule has 1 N–H and O–H groups in total. The molecule has 0 aliphatic carbocycles. The lowest BCUT2D eigenvalue weighted by atomic mass is 9.96. The molecule has 26 heavy (non-hydrogen) atoms.